The third-order valence-corrected chi connectivity index (χ3v) is 7.09. The van der Waals surface area contributed by atoms with Crippen molar-refractivity contribution in [2.45, 2.75) is 32.2 Å². The lowest BCUT2D eigenvalue weighted by atomic mass is 9.91. The SMILES string of the molecule is COc1ccccc1C(CC(=O)N(CCc1ccccc1)Cc1ccccc1)c1cnc2c(C)cccn12. The van der Waals surface area contributed by atoms with Gasteiger partial charge in [-0.05, 0) is 42.2 Å². The summed E-state index contributed by atoms with van der Waals surface area (Å²) in [6, 6.07) is 32.6. The molecule has 0 aliphatic heterocycles. The van der Waals surface area contributed by atoms with Crippen LogP contribution >= 0.6 is 0 Å². The van der Waals surface area contributed by atoms with Crippen LogP contribution in [0.25, 0.3) is 5.65 Å². The predicted molar refractivity (Wildman–Crippen MR) is 151 cm³/mol. The molecule has 5 rings (SSSR count). The summed E-state index contributed by atoms with van der Waals surface area (Å²) in [5.41, 5.74) is 6.29. The van der Waals surface area contributed by atoms with E-state index in [1.165, 1.54) is 5.56 Å². The van der Waals surface area contributed by atoms with E-state index in [0.717, 1.165) is 40.2 Å². The van der Waals surface area contributed by atoms with Crippen LogP contribution < -0.4 is 4.74 Å². The first-order valence-corrected chi connectivity index (χ1v) is 13.0. The molecular formula is C33H33N3O2. The van der Waals surface area contributed by atoms with Gasteiger partial charge in [-0.25, -0.2) is 4.98 Å². The van der Waals surface area contributed by atoms with Crippen LogP contribution in [0.1, 0.15) is 40.3 Å². The molecule has 192 valence electrons. The number of benzene rings is 3. The lowest BCUT2D eigenvalue weighted by molar-refractivity contribution is -0.132. The van der Waals surface area contributed by atoms with E-state index in [4.69, 9.17) is 9.72 Å². The molecule has 2 aromatic heterocycles. The largest absolute Gasteiger partial charge is 0.496 e. The minimum Gasteiger partial charge on any atom is -0.496 e. The number of carbonyl (C=O) groups is 1. The second-order valence-electron chi connectivity index (χ2n) is 9.60. The predicted octanol–water partition coefficient (Wildman–Crippen LogP) is 6.44. The first-order chi connectivity index (χ1) is 18.6. The number of methoxy groups -OCH3 is 1. The molecule has 0 saturated carbocycles. The van der Waals surface area contributed by atoms with Crippen molar-refractivity contribution >= 4 is 11.6 Å². The monoisotopic (exact) mass is 503 g/mol. The zero-order chi connectivity index (χ0) is 26.3. The lowest BCUT2D eigenvalue weighted by Gasteiger charge is -2.26. The van der Waals surface area contributed by atoms with Gasteiger partial charge in [0.05, 0.1) is 12.8 Å². The number of amides is 1. The summed E-state index contributed by atoms with van der Waals surface area (Å²) in [6.45, 7) is 3.26. The van der Waals surface area contributed by atoms with Gasteiger partial charge in [0.25, 0.3) is 0 Å². The van der Waals surface area contributed by atoms with Crippen molar-refractivity contribution in [3.63, 3.8) is 0 Å². The average molecular weight is 504 g/mol. The number of para-hydroxylation sites is 1. The Morgan fingerprint density at radius 2 is 1.58 bits per heavy atom. The Balaban J connectivity index is 1.50. The van der Waals surface area contributed by atoms with E-state index >= 15 is 0 Å². The van der Waals surface area contributed by atoms with Crippen molar-refractivity contribution in [3.05, 3.63) is 137 Å². The first kappa shape index (κ1) is 25.3. The van der Waals surface area contributed by atoms with E-state index in [1.54, 1.807) is 7.11 Å². The van der Waals surface area contributed by atoms with Gasteiger partial charge in [0.15, 0.2) is 0 Å². The van der Waals surface area contributed by atoms with Gasteiger partial charge in [-0.3, -0.25) is 4.79 Å². The smallest absolute Gasteiger partial charge is 0.223 e. The maximum atomic E-state index is 14.1. The Morgan fingerprint density at radius 1 is 0.895 bits per heavy atom. The van der Waals surface area contributed by atoms with E-state index in [0.29, 0.717) is 19.5 Å². The Labute approximate surface area is 224 Å². The van der Waals surface area contributed by atoms with E-state index in [-0.39, 0.29) is 11.8 Å². The van der Waals surface area contributed by atoms with Gasteiger partial charge in [0, 0.05) is 43.4 Å². The molecule has 5 aromatic rings. The number of ether oxygens (including phenoxy) is 1. The Bertz CT molecular complexity index is 1500. The Morgan fingerprint density at radius 3 is 2.32 bits per heavy atom. The van der Waals surface area contributed by atoms with Crippen LogP contribution in [0.15, 0.2) is 109 Å². The third-order valence-electron chi connectivity index (χ3n) is 7.09. The molecular weight excluding hydrogens is 470 g/mol. The van der Waals surface area contributed by atoms with Gasteiger partial charge in [-0.1, -0.05) is 84.9 Å². The number of imidazole rings is 1. The van der Waals surface area contributed by atoms with Gasteiger partial charge in [0.1, 0.15) is 11.4 Å². The van der Waals surface area contributed by atoms with E-state index in [9.17, 15) is 4.79 Å². The fourth-order valence-corrected chi connectivity index (χ4v) is 5.06. The minimum absolute atomic E-state index is 0.100. The number of hydrogen-bond donors (Lipinski definition) is 0. The maximum absolute atomic E-state index is 14.1. The highest BCUT2D eigenvalue weighted by atomic mass is 16.5. The second kappa shape index (κ2) is 11.8. The summed E-state index contributed by atoms with van der Waals surface area (Å²) in [5, 5.41) is 0. The summed E-state index contributed by atoms with van der Waals surface area (Å²) in [4.78, 5) is 20.8. The maximum Gasteiger partial charge on any atom is 0.223 e. The normalized spacial score (nSPS) is 11.8. The molecule has 3 aromatic carbocycles. The summed E-state index contributed by atoms with van der Waals surface area (Å²) < 4.78 is 7.85. The van der Waals surface area contributed by atoms with Crippen LogP contribution in [0.3, 0.4) is 0 Å². The number of aromatic nitrogens is 2. The van der Waals surface area contributed by atoms with Crippen LogP contribution in [0.5, 0.6) is 5.75 Å². The minimum atomic E-state index is -0.217. The van der Waals surface area contributed by atoms with E-state index in [1.807, 2.05) is 78.0 Å². The van der Waals surface area contributed by atoms with Gasteiger partial charge >= 0.3 is 0 Å². The molecule has 1 amide bonds. The van der Waals surface area contributed by atoms with Crippen LogP contribution in [-0.2, 0) is 17.8 Å². The molecule has 0 aliphatic rings. The Kier molecular flexibility index (Phi) is 7.84. The number of fused-ring (bicyclic) bond motifs is 1. The van der Waals surface area contributed by atoms with Crippen molar-refractivity contribution < 1.29 is 9.53 Å². The van der Waals surface area contributed by atoms with Crippen molar-refractivity contribution in [2.75, 3.05) is 13.7 Å². The molecule has 0 aliphatic carbocycles. The molecule has 5 heteroatoms. The van der Waals surface area contributed by atoms with Gasteiger partial charge < -0.3 is 14.0 Å². The highest BCUT2D eigenvalue weighted by molar-refractivity contribution is 5.78. The molecule has 0 bridgehead atoms. The molecule has 1 unspecified atom stereocenters. The molecule has 5 nitrogen and oxygen atoms in total. The molecule has 1 atom stereocenters. The van der Waals surface area contributed by atoms with Gasteiger partial charge in [-0.2, -0.15) is 0 Å². The van der Waals surface area contributed by atoms with Gasteiger partial charge in [-0.15, -0.1) is 0 Å². The molecule has 0 radical (unpaired) electrons. The molecule has 38 heavy (non-hydrogen) atoms. The summed E-state index contributed by atoms with van der Waals surface area (Å²) in [6.07, 6.45) is 5.03. The molecule has 0 fully saturated rings. The fourth-order valence-electron chi connectivity index (χ4n) is 5.06. The summed E-state index contributed by atoms with van der Waals surface area (Å²) in [5.74, 6) is 0.653. The molecule has 0 spiro atoms. The zero-order valence-electron chi connectivity index (χ0n) is 22.0. The van der Waals surface area contributed by atoms with Crippen molar-refractivity contribution in [1.29, 1.82) is 0 Å². The number of carbonyl (C=O) groups excluding carboxylic acids is 1. The molecule has 0 N–H and O–H groups in total. The summed E-state index contributed by atoms with van der Waals surface area (Å²) >= 11 is 0. The number of rotatable bonds is 10. The third kappa shape index (κ3) is 5.62. The first-order valence-electron chi connectivity index (χ1n) is 13.0. The Hall–Kier alpha value is -4.38. The van der Waals surface area contributed by atoms with Crippen LogP contribution in [0, 0.1) is 6.92 Å². The van der Waals surface area contributed by atoms with E-state index in [2.05, 4.69) is 47.7 Å². The topological polar surface area (TPSA) is 46.8 Å². The van der Waals surface area contributed by atoms with Crippen molar-refractivity contribution in [2.24, 2.45) is 0 Å². The van der Waals surface area contributed by atoms with Crippen LogP contribution in [-0.4, -0.2) is 33.8 Å². The molecule has 2 heterocycles. The standard InChI is InChI=1S/C33H33N3O2/c1-25-12-11-20-36-30(23-34-33(25)36)29(28-17-9-10-18-31(28)38-2)22-32(37)35(24-27-15-7-4-8-16-27)21-19-26-13-5-3-6-14-26/h3-18,20,23,29H,19,21-22,24H2,1-2H3. The fraction of sp³-hybridized carbons (Fsp3) is 0.212. The summed E-state index contributed by atoms with van der Waals surface area (Å²) in [7, 11) is 1.68. The van der Waals surface area contributed by atoms with Crippen molar-refractivity contribution in [1.82, 2.24) is 14.3 Å². The van der Waals surface area contributed by atoms with Crippen LogP contribution in [0.4, 0.5) is 0 Å². The number of pyridine rings is 1. The van der Waals surface area contributed by atoms with E-state index < -0.39 is 0 Å². The average Bonchev–Trinajstić information content (AvgIpc) is 3.40. The van der Waals surface area contributed by atoms with Crippen molar-refractivity contribution in [3.8, 4) is 5.75 Å². The lowest BCUT2D eigenvalue weighted by Crippen LogP contribution is -2.33. The second-order valence-corrected chi connectivity index (χ2v) is 9.60. The quantitative estimate of drug-likeness (QED) is 0.220. The highest BCUT2D eigenvalue weighted by Crippen LogP contribution is 2.35. The molecule has 0 saturated heterocycles. The highest BCUT2D eigenvalue weighted by Gasteiger charge is 2.27. The number of hydrogen-bond acceptors (Lipinski definition) is 3. The van der Waals surface area contributed by atoms with Crippen LogP contribution in [0.2, 0.25) is 0 Å². The zero-order valence-corrected chi connectivity index (χ0v) is 22.0. The van der Waals surface area contributed by atoms with Gasteiger partial charge in [0.2, 0.25) is 5.91 Å². The number of nitrogens with zero attached hydrogens (tertiary/aromatic N) is 3. The number of aryl methyl sites for hydroxylation is 1.